The molecule has 0 saturated carbocycles. The monoisotopic (exact) mass is 278 g/mol. The predicted molar refractivity (Wildman–Crippen MR) is 72.6 cm³/mol. The smallest absolute Gasteiger partial charge is 0.303 e. The molecule has 0 aromatic carbocycles. The Balaban J connectivity index is 2.03. The van der Waals surface area contributed by atoms with Gasteiger partial charge in [-0.1, -0.05) is 6.07 Å². The van der Waals surface area contributed by atoms with Gasteiger partial charge in [-0.15, -0.1) is 0 Å². The number of piperidine rings is 1. The molecule has 6 nitrogen and oxygen atoms in total. The van der Waals surface area contributed by atoms with Crippen LogP contribution in [0.2, 0.25) is 0 Å². The number of carboxylic acid groups (broad SMARTS) is 1. The van der Waals surface area contributed by atoms with Crippen molar-refractivity contribution < 1.29 is 14.7 Å². The Kier molecular flexibility index (Phi) is 4.22. The fourth-order valence-corrected chi connectivity index (χ4v) is 2.53. The van der Waals surface area contributed by atoms with Gasteiger partial charge in [0.15, 0.2) is 0 Å². The molecule has 0 radical (unpaired) electrons. The van der Waals surface area contributed by atoms with E-state index in [-0.39, 0.29) is 23.8 Å². The van der Waals surface area contributed by atoms with Crippen LogP contribution in [-0.4, -0.2) is 39.5 Å². The normalized spacial score (nSPS) is 16.1. The Morgan fingerprint density at radius 2 is 1.95 bits per heavy atom. The number of likely N-dealkylation sites (tertiary alicyclic amines) is 1. The van der Waals surface area contributed by atoms with Crippen LogP contribution in [0.3, 0.4) is 0 Å². The van der Waals surface area contributed by atoms with E-state index < -0.39 is 5.97 Å². The van der Waals surface area contributed by atoms with E-state index in [0.717, 1.165) is 0 Å². The summed E-state index contributed by atoms with van der Waals surface area (Å²) in [6.45, 7) is 1.08. The molecule has 6 heteroatoms. The lowest BCUT2D eigenvalue weighted by molar-refractivity contribution is -0.138. The molecule has 108 valence electrons. The number of carbonyl (C=O) groups is 2. The van der Waals surface area contributed by atoms with Crippen molar-refractivity contribution in [3.05, 3.63) is 34.2 Å². The summed E-state index contributed by atoms with van der Waals surface area (Å²) < 4.78 is 1.34. The zero-order chi connectivity index (χ0) is 14.7. The maximum atomic E-state index is 12.4. The molecule has 1 fully saturated rings. The number of pyridine rings is 1. The summed E-state index contributed by atoms with van der Waals surface area (Å²) in [6.07, 6.45) is 1.55. The van der Waals surface area contributed by atoms with Crippen LogP contribution >= 0.6 is 0 Å². The van der Waals surface area contributed by atoms with Gasteiger partial charge in [-0.3, -0.25) is 14.4 Å². The minimum Gasteiger partial charge on any atom is -0.481 e. The van der Waals surface area contributed by atoms with E-state index in [0.29, 0.717) is 31.6 Å². The van der Waals surface area contributed by atoms with Crippen LogP contribution in [0.5, 0.6) is 0 Å². The van der Waals surface area contributed by atoms with Gasteiger partial charge in [-0.2, -0.15) is 0 Å². The molecule has 2 heterocycles. The van der Waals surface area contributed by atoms with E-state index in [1.165, 1.54) is 10.6 Å². The second-order valence-corrected chi connectivity index (χ2v) is 5.14. The molecule has 1 aliphatic rings. The lowest BCUT2D eigenvalue weighted by Gasteiger charge is -2.31. The molecule has 0 spiro atoms. The largest absolute Gasteiger partial charge is 0.481 e. The van der Waals surface area contributed by atoms with Crippen molar-refractivity contribution in [2.24, 2.45) is 13.0 Å². The summed E-state index contributed by atoms with van der Waals surface area (Å²) in [5.41, 5.74) is 0.158. The van der Waals surface area contributed by atoms with Gasteiger partial charge in [-0.05, 0) is 24.8 Å². The van der Waals surface area contributed by atoms with Gasteiger partial charge in [0.2, 0.25) is 0 Å². The SMILES string of the molecule is Cn1c(C(=O)N2CCC(CC(=O)O)CC2)cccc1=O. The molecule has 20 heavy (non-hydrogen) atoms. The standard InChI is InChI=1S/C14H18N2O4/c1-15-11(3-2-4-12(15)17)14(20)16-7-5-10(6-8-16)9-13(18)19/h2-4,10H,5-9H2,1H3,(H,18,19). The Morgan fingerprint density at radius 1 is 1.30 bits per heavy atom. The van der Waals surface area contributed by atoms with Crippen LogP contribution in [-0.2, 0) is 11.8 Å². The van der Waals surface area contributed by atoms with Crippen LogP contribution in [0.4, 0.5) is 0 Å². The molecule has 1 aromatic heterocycles. The van der Waals surface area contributed by atoms with Crippen molar-refractivity contribution in [3.8, 4) is 0 Å². The minimum atomic E-state index is -0.791. The Hall–Kier alpha value is -2.11. The van der Waals surface area contributed by atoms with Crippen molar-refractivity contribution in [1.82, 2.24) is 9.47 Å². The first-order chi connectivity index (χ1) is 9.49. The van der Waals surface area contributed by atoms with Crippen molar-refractivity contribution in [1.29, 1.82) is 0 Å². The highest BCUT2D eigenvalue weighted by Crippen LogP contribution is 2.21. The van der Waals surface area contributed by atoms with Crippen LogP contribution in [0.25, 0.3) is 0 Å². The first-order valence-corrected chi connectivity index (χ1v) is 6.66. The summed E-state index contributed by atoms with van der Waals surface area (Å²) >= 11 is 0. The summed E-state index contributed by atoms with van der Waals surface area (Å²) in [5, 5.41) is 8.77. The molecule has 0 aliphatic carbocycles. The van der Waals surface area contributed by atoms with E-state index in [9.17, 15) is 14.4 Å². The number of hydrogen-bond acceptors (Lipinski definition) is 3. The van der Waals surface area contributed by atoms with Crippen molar-refractivity contribution in [2.45, 2.75) is 19.3 Å². The molecule has 0 bridgehead atoms. The first kappa shape index (κ1) is 14.3. The van der Waals surface area contributed by atoms with Crippen molar-refractivity contribution in [3.63, 3.8) is 0 Å². The van der Waals surface area contributed by atoms with E-state index in [4.69, 9.17) is 5.11 Å². The Bertz CT molecular complexity index is 571. The zero-order valence-corrected chi connectivity index (χ0v) is 11.4. The molecule has 1 aliphatic heterocycles. The highest BCUT2D eigenvalue weighted by atomic mass is 16.4. The number of rotatable bonds is 3. The van der Waals surface area contributed by atoms with Crippen LogP contribution in [0.15, 0.2) is 23.0 Å². The lowest BCUT2D eigenvalue weighted by atomic mass is 9.93. The molecule has 0 unspecified atom stereocenters. The second kappa shape index (κ2) is 5.90. The van der Waals surface area contributed by atoms with Gasteiger partial charge >= 0.3 is 5.97 Å². The van der Waals surface area contributed by atoms with Crippen LogP contribution in [0, 0.1) is 5.92 Å². The Morgan fingerprint density at radius 3 is 2.55 bits per heavy atom. The third-order valence-corrected chi connectivity index (χ3v) is 3.77. The van der Waals surface area contributed by atoms with Gasteiger partial charge in [0.05, 0.1) is 0 Å². The van der Waals surface area contributed by atoms with E-state index >= 15 is 0 Å². The molecule has 1 N–H and O–H groups in total. The number of hydrogen-bond donors (Lipinski definition) is 1. The molecular weight excluding hydrogens is 260 g/mol. The topological polar surface area (TPSA) is 79.6 Å². The third kappa shape index (κ3) is 3.07. The van der Waals surface area contributed by atoms with Crippen molar-refractivity contribution >= 4 is 11.9 Å². The average molecular weight is 278 g/mol. The van der Waals surface area contributed by atoms with E-state index in [1.54, 1.807) is 24.1 Å². The quantitative estimate of drug-likeness (QED) is 0.883. The van der Waals surface area contributed by atoms with E-state index in [2.05, 4.69) is 0 Å². The number of carbonyl (C=O) groups excluding carboxylic acids is 1. The molecular formula is C14H18N2O4. The molecule has 1 aromatic rings. The van der Waals surface area contributed by atoms with Crippen molar-refractivity contribution in [2.75, 3.05) is 13.1 Å². The predicted octanol–water partition coefficient (Wildman–Crippen LogP) is 0.712. The fourth-order valence-electron chi connectivity index (χ4n) is 2.53. The van der Waals surface area contributed by atoms with Gasteiger partial charge < -0.3 is 14.6 Å². The lowest BCUT2D eigenvalue weighted by Crippen LogP contribution is -2.40. The van der Waals surface area contributed by atoms with Gasteiger partial charge in [0.1, 0.15) is 5.69 Å². The molecule has 0 atom stereocenters. The maximum Gasteiger partial charge on any atom is 0.303 e. The highest BCUT2D eigenvalue weighted by molar-refractivity contribution is 5.92. The minimum absolute atomic E-state index is 0.135. The molecule has 1 saturated heterocycles. The van der Waals surface area contributed by atoms with Gasteiger partial charge in [0, 0.05) is 32.6 Å². The Labute approximate surface area is 116 Å². The second-order valence-electron chi connectivity index (χ2n) is 5.14. The number of aliphatic carboxylic acids is 1. The zero-order valence-electron chi connectivity index (χ0n) is 11.4. The maximum absolute atomic E-state index is 12.4. The summed E-state index contributed by atoms with van der Waals surface area (Å²) in [5.74, 6) is -0.824. The van der Waals surface area contributed by atoms with E-state index in [1.807, 2.05) is 0 Å². The molecule has 1 amide bonds. The summed E-state index contributed by atoms with van der Waals surface area (Å²) in [4.78, 5) is 36.2. The number of carboxylic acids is 1. The summed E-state index contributed by atoms with van der Waals surface area (Å²) in [6, 6.07) is 4.62. The van der Waals surface area contributed by atoms with Crippen LogP contribution < -0.4 is 5.56 Å². The average Bonchev–Trinajstić information content (AvgIpc) is 2.41. The van der Waals surface area contributed by atoms with Gasteiger partial charge in [0.25, 0.3) is 11.5 Å². The third-order valence-electron chi connectivity index (χ3n) is 3.77. The number of nitrogens with zero attached hydrogens (tertiary/aromatic N) is 2. The highest BCUT2D eigenvalue weighted by Gasteiger charge is 2.25. The fraction of sp³-hybridized carbons (Fsp3) is 0.500. The first-order valence-electron chi connectivity index (χ1n) is 6.66. The molecule has 2 rings (SSSR count). The van der Waals surface area contributed by atoms with Crippen LogP contribution in [0.1, 0.15) is 29.8 Å². The summed E-state index contributed by atoms with van der Waals surface area (Å²) in [7, 11) is 1.58. The number of aromatic nitrogens is 1. The number of amides is 1. The van der Waals surface area contributed by atoms with Gasteiger partial charge in [-0.25, -0.2) is 0 Å².